The number of ether oxygens (including phenoxy) is 1. The highest BCUT2D eigenvalue weighted by Crippen LogP contribution is 2.44. The second-order valence-electron chi connectivity index (χ2n) is 5.81. The molecule has 1 aliphatic rings. The lowest BCUT2D eigenvalue weighted by molar-refractivity contribution is -0.157. The van der Waals surface area contributed by atoms with Crippen molar-refractivity contribution in [3.05, 3.63) is 30.1 Å². The number of benzene rings is 1. The Morgan fingerprint density at radius 2 is 2.18 bits per heavy atom. The molecule has 120 valence electrons. The van der Waals surface area contributed by atoms with E-state index in [1.165, 1.54) is 12.1 Å². The third-order valence-corrected chi connectivity index (χ3v) is 3.98. The monoisotopic (exact) mass is 309 g/mol. The number of carboxylic acids is 1. The van der Waals surface area contributed by atoms with Crippen molar-refractivity contribution in [2.24, 2.45) is 5.41 Å². The summed E-state index contributed by atoms with van der Waals surface area (Å²) in [7, 11) is 0. The average Bonchev–Trinajstić information content (AvgIpc) is 2.40. The van der Waals surface area contributed by atoms with Gasteiger partial charge in [0.05, 0.1) is 12.0 Å². The minimum absolute atomic E-state index is 0.00494. The van der Waals surface area contributed by atoms with Crippen LogP contribution in [0.5, 0.6) is 5.75 Å². The molecule has 1 unspecified atom stereocenters. The molecule has 1 aromatic rings. The lowest BCUT2D eigenvalue weighted by atomic mass is 9.66. The van der Waals surface area contributed by atoms with Gasteiger partial charge in [0.2, 0.25) is 5.91 Å². The Morgan fingerprint density at radius 1 is 1.45 bits per heavy atom. The number of carboxylic acid groups (broad SMARTS) is 1. The van der Waals surface area contributed by atoms with Gasteiger partial charge >= 0.3 is 5.97 Å². The van der Waals surface area contributed by atoms with E-state index in [1.54, 1.807) is 19.1 Å². The zero-order valence-corrected chi connectivity index (χ0v) is 12.5. The van der Waals surface area contributed by atoms with Gasteiger partial charge in [0.25, 0.3) is 0 Å². The molecule has 1 saturated carbocycles. The van der Waals surface area contributed by atoms with Gasteiger partial charge in [-0.05, 0) is 31.9 Å². The van der Waals surface area contributed by atoms with Crippen molar-refractivity contribution >= 4 is 11.9 Å². The zero-order valence-electron chi connectivity index (χ0n) is 12.5. The molecule has 0 spiro atoms. The normalized spacial score (nSPS) is 17.2. The predicted molar refractivity (Wildman–Crippen MR) is 78.0 cm³/mol. The number of carbonyl (C=O) groups is 2. The van der Waals surface area contributed by atoms with Crippen LogP contribution in [0.25, 0.3) is 0 Å². The van der Waals surface area contributed by atoms with Crippen LogP contribution in [0.15, 0.2) is 24.3 Å². The van der Waals surface area contributed by atoms with E-state index in [9.17, 15) is 19.1 Å². The van der Waals surface area contributed by atoms with Crippen LogP contribution < -0.4 is 10.1 Å². The van der Waals surface area contributed by atoms with Crippen LogP contribution in [-0.4, -0.2) is 29.6 Å². The first-order valence-corrected chi connectivity index (χ1v) is 7.34. The van der Waals surface area contributed by atoms with E-state index in [0.29, 0.717) is 18.6 Å². The maximum absolute atomic E-state index is 13.0. The average molecular weight is 309 g/mol. The fraction of sp³-hybridized carbons (Fsp3) is 0.500. The van der Waals surface area contributed by atoms with Crippen molar-refractivity contribution in [1.82, 2.24) is 5.32 Å². The third-order valence-electron chi connectivity index (χ3n) is 3.98. The number of aliphatic carboxylic acids is 1. The van der Waals surface area contributed by atoms with Crippen molar-refractivity contribution < 1.29 is 23.8 Å². The second kappa shape index (κ2) is 6.77. The zero-order chi connectivity index (χ0) is 16.2. The number of halogens is 1. The molecule has 0 heterocycles. The van der Waals surface area contributed by atoms with Gasteiger partial charge in [-0.25, -0.2) is 4.39 Å². The summed E-state index contributed by atoms with van der Waals surface area (Å²) in [6.07, 6.45) is 1.59. The first-order chi connectivity index (χ1) is 10.4. The van der Waals surface area contributed by atoms with Crippen molar-refractivity contribution in [3.63, 3.8) is 0 Å². The fourth-order valence-corrected chi connectivity index (χ4v) is 2.51. The molecule has 22 heavy (non-hydrogen) atoms. The van der Waals surface area contributed by atoms with Crippen LogP contribution in [0.4, 0.5) is 4.39 Å². The topological polar surface area (TPSA) is 75.6 Å². The minimum atomic E-state index is -0.905. The summed E-state index contributed by atoms with van der Waals surface area (Å²) in [4.78, 5) is 23.1. The summed E-state index contributed by atoms with van der Waals surface area (Å²) in [5.41, 5.74) is -0.892. The molecule has 2 rings (SSSR count). The Hall–Kier alpha value is -2.11. The van der Waals surface area contributed by atoms with Gasteiger partial charge in [0.1, 0.15) is 17.7 Å². The van der Waals surface area contributed by atoms with E-state index < -0.39 is 11.4 Å². The Morgan fingerprint density at radius 3 is 2.73 bits per heavy atom. The van der Waals surface area contributed by atoms with E-state index in [0.717, 1.165) is 6.42 Å². The highest BCUT2D eigenvalue weighted by Gasteiger charge is 2.45. The van der Waals surface area contributed by atoms with Crippen molar-refractivity contribution in [3.8, 4) is 5.75 Å². The first-order valence-electron chi connectivity index (χ1n) is 7.34. The van der Waals surface area contributed by atoms with Gasteiger partial charge in [0.15, 0.2) is 0 Å². The fourth-order valence-electron chi connectivity index (χ4n) is 2.51. The van der Waals surface area contributed by atoms with E-state index in [1.807, 2.05) is 0 Å². The van der Waals surface area contributed by atoms with Crippen molar-refractivity contribution in [2.45, 2.75) is 38.7 Å². The molecule has 0 aromatic heterocycles. The lowest BCUT2D eigenvalue weighted by Gasteiger charge is -2.37. The quantitative estimate of drug-likeness (QED) is 0.810. The highest BCUT2D eigenvalue weighted by molar-refractivity contribution is 5.85. The van der Waals surface area contributed by atoms with Crippen molar-refractivity contribution in [2.75, 3.05) is 6.54 Å². The standard InChI is InChI=1S/C16H20FNO4/c1-11(22-13-5-2-4-12(17)8-13)10-18-14(19)9-16(15(20)21)6-3-7-16/h2,4-5,8,11H,3,6-7,9-10H2,1H3,(H,18,19)(H,20,21). The van der Waals surface area contributed by atoms with E-state index in [4.69, 9.17) is 4.74 Å². The molecular weight excluding hydrogens is 289 g/mol. The number of amides is 1. The summed E-state index contributed by atoms with van der Waals surface area (Å²) in [5.74, 6) is -1.19. The smallest absolute Gasteiger partial charge is 0.310 e. The number of hydrogen-bond acceptors (Lipinski definition) is 3. The van der Waals surface area contributed by atoms with Gasteiger partial charge in [0, 0.05) is 12.5 Å². The van der Waals surface area contributed by atoms with E-state index in [-0.39, 0.29) is 30.8 Å². The molecule has 0 saturated heterocycles. The number of hydrogen-bond donors (Lipinski definition) is 2. The van der Waals surface area contributed by atoms with Gasteiger partial charge in [-0.2, -0.15) is 0 Å². The summed E-state index contributed by atoms with van der Waals surface area (Å²) in [5, 5.41) is 11.9. The maximum atomic E-state index is 13.0. The SMILES string of the molecule is CC(CNC(=O)CC1(C(=O)O)CCC1)Oc1cccc(F)c1. The molecule has 0 bridgehead atoms. The van der Waals surface area contributed by atoms with E-state index >= 15 is 0 Å². The molecule has 5 nitrogen and oxygen atoms in total. The first kappa shape index (κ1) is 16.3. The van der Waals surface area contributed by atoms with Gasteiger partial charge in [-0.3, -0.25) is 9.59 Å². The Balaban J connectivity index is 1.77. The maximum Gasteiger partial charge on any atom is 0.310 e. The predicted octanol–water partition coefficient (Wildman–Crippen LogP) is 2.35. The van der Waals surface area contributed by atoms with Crippen LogP contribution in [0.3, 0.4) is 0 Å². The largest absolute Gasteiger partial charge is 0.489 e. The van der Waals surface area contributed by atoms with Gasteiger partial charge < -0.3 is 15.2 Å². The highest BCUT2D eigenvalue weighted by atomic mass is 19.1. The van der Waals surface area contributed by atoms with E-state index in [2.05, 4.69) is 5.32 Å². The summed E-state index contributed by atoms with van der Waals surface area (Å²) < 4.78 is 18.5. The van der Waals surface area contributed by atoms with Crippen LogP contribution in [0, 0.1) is 11.2 Å². The Kier molecular flexibility index (Phi) is 5.00. The summed E-state index contributed by atoms with van der Waals surface area (Å²) in [6.45, 7) is 1.99. The molecule has 1 fully saturated rings. The van der Waals surface area contributed by atoms with Gasteiger partial charge in [-0.15, -0.1) is 0 Å². The third kappa shape index (κ3) is 3.96. The minimum Gasteiger partial charge on any atom is -0.489 e. The molecule has 0 radical (unpaired) electrons. The molecule has 1 aromatic carbocycles. The Bertz CT molecular complexity index is 557. The summed E-state index contributed by atoms with van der Waals surface area (Å²) in [6, 6.07) is 5.77. The molecule has 1 atom stereocenters. The van der Waals surface area contributed by atoms with Crippen LogP contribution >= 0.6 is 0 Å². The van der Waals surface area contributed by atoms with Gasteiger partial charge in [-0.1, -0.05) is 12.5 Å². The van der Waals surface area contributed by atoms with Crippen molar-refractivity contribution in [1.29, 1.82) is 0 Å². The Labute approximate surface area is 128 Å². The molecule has 1 amide bonds. The number of rotatable bonds is 7. The molecule has 6 heteroatoms. The molecule has 2 N–H and O–H groups in total. The lowest BCUT2D eigenvalue weighted by Crippen LogP contribution is -2.44. The second-order valence-corrected chi connectivity index (χ2v) is 5.81. The molecular formula is C16H20FNO4. The number of carbonyl (C=O) groups excluding carboxylic acids is 1. The summed E-state index contributed by atoms with van der Waals surface area (Å²) >= 11 is 0. The molecule has 0 aliphatic heterocycles. The van der Waals surface area contributed by atoms with Crippen LogP contribution in [0.2, 0.25) is 0 Å². The van der Waals surface area contributed by atoms with Crippen LogP contribution in [-0.2, 0) is 9.59 Å². The molecule has 1 aliphatic carbocycles. The van der Waals surface area contributed by atoms with Crippen LogP contribution in [0.1, 0.15) is 32.6 Å². The number of nitrogens with one attached hydrogen (secondary N) is 1.